The van der Waals surface area contributed by atoms with Crippen LogP contribution in [0.1, 0.15) is 23.2 Å². The van der Waals surface area contributed by atoms with E-state index in [1.54, 1.807) is 43.5 Å². The van der Waals surface area contributed by atoms with E-state index < -0.39 is 0 Å². The van der Waals surface area contributed by atoms with Crippen molar-refractivity contribution in [2.75, 3.05) is 31.0 Å². The molecule has 1 aliphatic heterocycles. The Kier molecular flexibility index (Phi) is 5.86. The van der Waals surface area contributed by atoms with Crippen LogP contribution in [0.5, 0.6) is 5.75 Å². The number of rotatable bonds is 5. The number of hydrogen-bond donors (Lipinski definition) is 2. The maximum Gasteiger partial charge on any atom is 0.255 e. The van der Waals surface area contributed by atoms with Crippen molar-refractivity contribution in [2.24, 2.45) is 5.92 Å². The molecule has 1 heterocycles. The first-order valence-corrected chi connectivity index (χ1v) is 8.60. The molecule has 2 aromatic carbocycles. The lowest BCUT2D eigenvalue weighted by molar-refractivity contribution is -0.122. The lowest BCUT2D eigenvalue weighted by Gasteiger charge is -2.21. The second-order valence-corrected chi connectivity index (χ2v) is 6.11. The van der Waals surface area contributed by atoms with E-state index in [-0.39, 0.29) is 17.7 Å². The maximum atomic E-state index is 12.4. The van der Waals surface area contributed by atoms with Crippen LogP contribution in [0.2, 0.25) is 0 Å². The third kappa shape index (κ3) is 4.40. The van der Waals surface area contributed by atoms with Crippen LogP contribution >= 0.6 is 0 Å². The molecule has 2 N–H and O–H groups in total. The van der Waals surface area contributed by atoms with Gasteiger partial charge in [-0.1, -0.05) is 12.1 Å². The summed E-state index contributed by atoms with van der Waals surface area (Å²) in [6.07, 6.45) is 1.48. The normalized spacial score (nSPS) is 14.5. The number of anilines is 2. The Morgan fingerprint density at radius 1 is 1.00 bits per heavy atom. The largest absolute Gasteiger partial charge is 0.495 e. The van der Waals surface area contributed by atoms with Crippen molar-refractivity contribution >= 4 is 23.2 Å². The molecule has 0 atom stereocenters. The monoisotopic (exact) mass is 354 g/mol. The summed E-state index contributed by atoms with van der Waals surface area (Å²) in [5.41, 5.74) is 1.78. The van der Waals surface area contributed by atoms with E-state index in [9.17, 15) is 9.59 Å². The summed E-state index contributed by atoms with van der Waals surface area (Å²) >= 11 is 0. The van der Waals surface area contributed by atoms with Gasteiger partial charge in [-0.3, -0.25) is 9.59 Å². The number of amides is 2. The predicted octanol–water partition coefficient (Wildman–Crippen LogP) is 3.31. The van der Waals surface area contributed by atoms with Gasteiger partial charge in [-0.05, 0) is 49.2 Å². The molecule has 0 aromatic heterocycles. The van der Waals surface area contributed by atoms with Crippen LogP contribution in [0.15, 0.2) is 48.5 Å². The lowest BCUT2D eigenvalue weighted by Crippen LogP contribution is -2.28. The minimum atomic E-state index is -0.239. The Hall–Kier alpha value is -2.86. The zero-order chi connectivity index (χ0) is 18.4. The molecule has 136 valence electrons. The van der Waals surface area contributed by atoms with E-state index in [1.165, 1.54) is 0 Å². The molecule has 0 radical (unpaired) electrons. The fraction of sp³-hybridized carbons (Fsp3) is 0.300. The summed E-state index contributed by atoms with van der Waals surface area (Å²) in [6.45, 7) is 1.25. The average molecular weight is 354 g/mol. The molecule has 1 aliphatic rings. The highest BCUT2D eigenvalue weighted by Crippen LogP contribution is 2.24. The van der Waals surface area contributed by atoms with E-state index in [2.05, 4.69) is 10.6 Å². The second kappa shape index (κ2) is 8.49. The summed E-state index contributed by atoms with van der Waals surface area (Å²) in [6, 6.07) is 14.1. The van der Waals surface area contributed by atoms with Crippen molar-refractivity contribution < 1.29 is 19.1 Å². The van der Waals surface area contributed by atoms with E-state index in [4.69, 9.17) is 9.47 Å². The van der Waals surface area contributed by atoms with Gasteiger partial charge in [0.2, 0.25) is 5.91 Å². The smallest absolute Gasteiger partial charge is 0.255 e. The van der Waals surface area contributed by atoms with Gasteiger partial charge >= 0.3 is 0 Å². The summed E-state index contributed by atoms with van der Waals surface area (Å²) in [5.74, 6) is 0.342. The number of methoxy groups -OCH3 is 1. The Morgan fingerprint density at radius 2 is 1.69 bits per heavy atom. The highest BCUT2D eigenvalue weighted by atomic mass is 16.5. The summed E-state index contributed by atoms with van der Waals surface area (Å²) in [7, 11) is 1.56. The number of ether oxygens (including phenoxy) is 2. The minimum absolute atomic E-state index is 0.000441. The molecular weight excluding hydrogens is 332 g/mol. The minimum Gasteiger partial charge on any atom is -0.495 e. The van der Waals surface area contributed by atoms with Crippen LogP contribution in [0.3, 0.4) is 0 Å². The third-order valence-electron chi connectivity index (χ3n) is 4.36. The number of benzene rings is 2. The van der Waals surface area contributed by atoms with Crippen LogP contribution < -0.4 is 15.4 Å². The summed E-state index contributed by atoms with van der Waals surface area (Å²) in [4.78, 5) is 24.6. The standard InChI is InChI=1S/C20H22N2O4/c1-25-18-5-3-2-4-17(18)22-20(24)14-6-8-16(9-7-14)21-19(23)15-10-12-26-13-11-15/h2-9,15H,10-13H2,1H3,(H,21,23)(H,22,24). The molecule has 0 unspecified atom stereocenters. The topological polar surface area (TPSA) is 76.7 Å². The molecule has 0 aliphatic carbocycles. The lowest BCUT2D eigenvalue weighted by atomic mass is 9.99. The van der Waals surface area contributed by atoms with Gasteiger partial charge in [0.05, 0.1) is 12.8 Å². The molecule has 1 fully saturated rings. The molecule has 2 aromatic rings. The van der Waals surface area contributed by atoms with E-state index in [1.807, 2.05) is 12.1 Å². The van der Waals surface area contributed by atoms with E-state index >= 15 is 0 Å². The Morgan fingerprint density at radius 3 is 2.38 bits per heavy atom. The number of hydrogen-bond acceptors (Lipinski definition) is 4. The van der Waals surface area contributed by atoms with Gasteiger partial charge < -0.3 is 20.1 Å². The quantitative estimate of drug-likeness (QED) is 0.864. The van der Waals surface area contributed by atoms with E-state index in [0.29, 0.717) is 35.9 Å². The first-order chi connectivity index (χ1) is 12.7. The fourth-order valence-corrected chi connectivity index (χ4v) is 2.85. The SMILES string of the molecule is COc1ccccc1NC(=O)c1ccc(NC(=O)C2CCOCC2)cc1. The first-order valence-electron chi connectivity index (χ1n) is 8.60. The molecule has 0 spiro atoms. The van der Waals surface area contributed by atoms with Crippen molar-refractivity contribution in [3.05, 3.63) is 54.1 Å². The third-order valence-corrected chi connectivity index (χ3v) is 4.36. The molecule has 2 amide bonds. The highest BCUT2D eigenvalue weighted by molar-refractivity contribution is 6.05. The van der Waals surface area contributed by atoms with Crippen LogP contribution in [0.25, 0.3) is 0 Å². The van der Waals surface area contributed by atoms with Crippen molar-refractivity contribution in [1.29, 1.82) is 0 Å². The zero-order valence-electron chi connectivity index (χ0n) is 14.7. The van der Waals surface area contributed by atoms with E-state index in [0.717, 1.165) is 12.8 Å². The summed E-state index contributed by atoms with van der Waals surface area (Å²) in [5, 5.41) is 5.72. The van der Waals surface area contributed by atoms with Gasteiger partial charge in [0.25, 0.3) is 5.91 Å². The van der Waals surface area contributed by atoms with Gasteiger partial charge in [0.15, 0.2) is 0 Å². The molecule has 6 nitrogen and oxygen atoms in total. The van der Waals surface area contributed by atoms with Crippen LogP contribution in [-0.4, -0.2) is 32.1 Å². The molecule has 26 heavy (non-hydrogen) atoms. The average Bonchev–Trinajstić information content (AvgIpc) is 2.69. The number of para-hydroxylation sites is 2. The van der Waals surface area contributed by atoms with Gasteiger partial charge in [0.1, 0.15) is 5.75 Å². The Bertz CT molecular complexity index is 768. The van der Waals surface area contributed by atoms with Gasteiger partial charge in [-0.15, -0.1) is 0 Å². The molecule has 6 heteroatoms. The van der Waals surface area contributed by atoms with Crippen LogP contribution in [0, 0.1) is 5.92 Å². The predicted molar refractivity (Wildman–Crippen MR) is 99.6 cm³/mol. The van der Waals surface area contributed by atoms with Crippen molar-refractivity contribution in [2.45, 2.75) is 12.8 Å². The second-order valence-electron chi connectivity index (χ2n) is 6.11. The number of nitrogens with one attached hydrogen (secondary N) is 2. The molecule has 0 bridgehead atoms. The molecular formula is C20H22N2O4. The number of carbonyl (C=O) groups is 2. The number of carbonyl (C=O) groups excluding carboxylic acids is 2. The molecule has 1 saturated heterocycles. The first kappa shape index (κ1) is 17.9. The Labute approximate surface area is 152 Å². The Balaban J connectivity index is 1.61. The highest BCUT2D eigenvalue weighted by Gasteiger charge is 2.21. The van der Waals surface area contributed by atoms with Crippen LogP contribution in [0.4, 0.5) is 11.4 Å². The van der Waals surface area contributed by atoms with Gasteiger partial charge in [-0.25, -0.2) is 0 Å². The zero-order valence-corrected chi connectivity index (χ0v) is 14.7. The molecule has 0 saturated carbocycles. The van der Waals surface area contributed by atoms with Gasteiger partial charge in [-0.2, -0.15) is 0 Å². The van der Waals surface area contributed by atoms with Crippen molar-refractivity contribution in [3.8, 4) is 5.75 Å². The summed E-state index contributed by atoms with van der Waals surface area (Å²) < 4.78 is 10.5. The van der Waals surface area contributed by atoms with Gasteiger partial charge in [0, 0.05) is 30.4 Å². The van der Waals surface area contributed by atoms with Crippen molar-refractivity contribution in [1.82, 2.24) is 0 Å². The molecule has 3 rings (SSSR count). The maximum absolute atomic E-state index is 12.4. The fourth-order valence-electron chi connectivity index (χ4n) is 2.85. The van der Waals surface area contributed by atoms with Crippen LogP contribution in [-0.2, 0) is 9.53 Å². The van der Waals surface area contributed by atoms with Crippen molar-refractivity contribution in [3.63, 3.8) is 0 Å².